The second-order valence-electron chi connectivity index (χ2n) is 5.54. The Hall–Kier alpha value is -0.610. The van der Waals surface area contributed by atoms with Gasteiger partial charge in [0.2, 0.25) is 5.91 Å². The molecule has 3 fully saturated rings. The van der Waals surface area contributed by atoms with Crippen LogP contribution in [0.4, 0.5) is 0 Å². The summed E-state index contributed by atoms with van der Waals surface area (Å²) in [7, 11) is 0. The topological polar surface area (TPSA) is 41.6 Å². The average Bonchev–Trinajstić information content (AvgIpc) is 2.80. The van der Waals surface area contributed by atoms with Crippen molar-refractivity contribution in [3.05, 3.63) is 0 Å². The molecule has 17 heavy (non-hydrogen) atoms. The third kappa shape index (κ3) is 2.08. The van der Waals surface area contributed by atoms with Gasteiger partial charge >= 0.3 is 0 Å². The van der Waals surface area contributed by atoms with Gasteiger partial charge in [0.05, 0.1) is 19.3 Å². The van der Waals surface area contributed by atoms with Gasteiger partial charge in [0.1, 0.15) is 0 Å². The largest absolute Gasteiger partial charge is 0.381 e. The van der Waals surface area contributed by atoms with Crippen molar-refractivity contribution in [3.8, 4) is 0 Å². The molecule has 0 radical (unpaired) electrons. The van der Waals surface area contributed by atoms with E-state index in [2.05, 4.69) is 17.1 Å². The Morgan fingerprint density at radius 2 is 2.12 bits per heavy atom. The predicted octanol–water partition coefficient (Wildman–Crippen LogP) is 0.622. The van der Waals surface area contributed by atoms with Gasteiger partial charge in [-0.1, -0.05) is 13.3 Å². The van der Waals surface area contributed by atoms with Crippen LogP contribution < -0.4 is 5.32 Å². The first-order valence-corrected chi connectivity index (χ1v) is 6.93. The molecule has 0 aromatic heterocycles. The van der Waals surface area contributed by atoms with E-state index in [4.69, 9.17) is 4.74 Å². The molecule has 96 valence electrons. The van der Waals surface area contributed by atoms with Crippen molar-refractivity contribution in [1.29, 1.82) is 0 Å². The van der Waals surface area contributed by atoms with Crippen LogP contribution in [-0.4, -0.2) is 49.2 Å². The monoisotopic (exact) mass is 238 g/mol. The van der Waals surface area contributed by atoms with E-state index in [1.807, 2.05) is 0 Å². The van der Waals surface area contributed by atoms with Gasteiger partial charge in [-0.15, -0.1) is 0 Å². The summed E-state index contributed by atoms with van der Waals surface area (Å²) in [6.45, 7) is 5.90. The van der Waals surface area contributed by atoms with Crippen LogP contribution in [0.3, 0.4) is 0 Å². The van der Waals surface area contributed by atoms with Crippen LogP contribution in [0.5, 0.6) is 0 Å². The van der Waals surface area contributed by atoms with Gasteiger partial charge < -0.3 is 10.1 Å². The van der Waals surface area contributed by atoms with E-state index >= 15 is 0 Å². The number of piperidine rings is 1. The molecule has 1 amide bonds. The summed E-state index contributed by atoms with van der Waals surface area (Å²) in [5.74, 6) is 1.47. The number of nitrogens with zero attached hydrogens (tertiary/aromatic N) is 1. The van der Waals surface area contributed by atoms with Crippen molar-refractivity contribution >= 4 is 5.91 Å². The average molecular weight is 238 g/mol. The molecule has 2 heterocycles. The number of likely N-dealkylation sites (tertiary alicyclic amines) is 1. The number of rotatable bonds is 3. The molecule has 0 bridgehead atoms. The molecular formula is C13H22N2O2. The Morgan fingerprint density at radius 3 is 2.82 bits per heavy atom. The first-order valence-electron chi connectivity index (χ1n) is 6.93. The van der Waals surface area contributed by atoms with Gasteiger partial charge in [0.15, 0.2) is 0 Å². The van der Waals surface area contributed by atoms with E-state index in [1.54, 1.807) is 0 Å². The normalized spacial score (nSPS) is 41.0. The highest BCUT2D eigenvalue weighted by Crippen LogP contribution is 2.44. The number of likely N-dealkylation sites (N-methyl/N-ethyl adjacent to an activating group) is 1. The first kappa shape index (κ1) is 11.5. The highest BCUT2D eigenvalue weighted by atomic mass is 16.5. The molecule has 3 aliphatic rings. The van der Waals surface area contributed by atoms with Gasteiger partial charge in [-0.2, -0.15) is 0 Å². The molecule has 1 N–H and O–H groups in total. The van der Waals surface area contributed by atoms with Crippen LogP contribution in [0.1, 0.15) is 26.2 Å². The van der Waals surface area contributed by atoms with Crippen molar-refractivity contribution in [3.63, 3.8) is 0 Å². The Kier molecular flexibility index (Phi) is 3.09. The Bertz CT molecular complexity index is 298. The highest BCUT2D eigenvalue weighted by Gasteiger charge is 2.55. The molecule has 0 spiro atoms. The number of fused-ring (bicyclic) bond motifs is 1. The lowest BCUT2D eigenvalue weighted by Gasteiger charge is -2.33. The summed E-state index contributed by atoms with van der Waals surface area (Å²) in [5, 5.41) is 3.23. The molecule has 2 saturated heterocycles. The van der Waals surface area contributed by atoms with E-state index in [-0.39, 0.29) is 11.9 Å². The summed E-state index contributed by atoms with van der Waals surface area (Å²) in [6, 6.07) is 0.535. The number of hydrogen-bond donors (Lipinski definition) is 1. The fourth-order valence-corrected chi connectivity index (χ4v) is 3.38. The van der Waals surface area contributed by atoms with Gasteiger partial charge in [-0.3, -0.25) is 9.69 Å². The summed E-state index contributed by atoms with van der Waals surface area (Å²) in [6.07, 6.45) is 3.45. The third-order valence-electron chi connectivity index (χ3n) is 4.58. The fraction of sp³-hybridized carbons (Fsp3) is 0.923. The number of carbonyl (C=O) groups excluding carboxylic acids is 1. The smallest absolute Gasteiger partial charge is 0.237 e. The maximum Gasteiger partial charge on any atom is 0.237 e. The summed E-state index contributed by atoms with van der Waals surface area (Å²) >= 11 is 0. The second-order valence-corrected chi connectivity index (χ2v) is 5.54. The van der Waals surface area contributed by atoms with Gasteiger partial charge in [-0.05, 0) is 25.9 Å². The zero-order chi connectivity index (χ0) is 11.8. The van der Waals surface area contributed by atoms with Crippen molar-refractivity contribution in [2.45, 2.75) is 38.3 Å². The third-order valence-corrected chi connectivity index (χ3v) is 4.58. The highest BCUT2D eigenvalue weighted by molar-refractivity contribution is 5.82. The van der Waals surface area contributed by atoms with E-state index in [0.717, 1.165) is 32.7 Å². The zero-order valence-corrected chi connectivity index (χ0v) is 10.5. The molecule has 4 heteroatoms. The van der Waals surface area contributed by atoms with Crippen LogP contribution >= 0.6 is 0 Å². The number of ether oxygens (including phenoxy) is 1. The van der Waals surface area contributed by atoms with E-state index in [1.165, 1.54) is 12.8 Å². The number of hydrogen-bond acceptors (Lipinski definition) is 3. The number of carbonyl (C=O) groups is 1. The Labute approximate surface area is 103 Å². The van der Waals surface area contributed by atoms with Crippen molar-refractivity contribution in [1.82, 2.24) is 10.2 Å². The minimum atomic E-state index is 0.121. The summed E-state index contributed by atoms with van der Waals surface area (Å²) in [5.41, 5.74) is 0. The molecule has 3 rings (SSSR count). The lowest BCUT2D eigenvalue weighted by Crippen LogP contribution is -2.50. The summed E-state index contributed by atoms with van der Waals surface area (Å²) in [4.78, 5) is 14.6. The molecule has 1 saturated carbocycles. The molecular weight excluding hydrogens is 216 g/mol. The van der Waals surface area contributed by atoms with Crippen LogP contribution in [-0.2, 0) is 9.53 Å². The quantitative estimate of drug-likeness (QED) is 0.784. The second kappa shape index (κ2) is 4.58. The van der Waals surface area contributed by atoms with Crippen molar-refractivity contribution in [2.75, 3.05) is 26.3 Å². The molecule has 0 aromatic rings. The molecule has 2 aliphatic heterocycles. The standard InChI is InChI=1S/C13H22N2O2/c1-2-15-6-4-3-5-11(15)13(16)14-12-9-7-17-8-10(9)12/h9-12H,2-8H2,1H3,(H,14,16)/t9-,10+,11?,12?. The fourth-order valence-electron chi connectivity index (χ4n) is 3.38. The molecule has 0 aromatic carbocycles. The SMILES string of the molecule is CCN1CCCCC1C(=O)NC1[C@H]2COC[C@@H]12. The van der Waals surface area contributed by atoms with Crippen LogP contribution in [0.2, 0.25) is 0 Å². The maximum absolute atomic E-state index is 12.3. The Morgan fingerprint density at radius 1 is 1.35 bits per heavy atom. The minimum Gasteiger partial charge on any atom is -0.381 e. The predicted molar refractivity (Wildman–Crippen MR) is 64.6 cm³/mol. The number of amides is 1. The van der Waals surface area contributed by atoms with Crippen LogP contribution in [0.15, 0.2) is 0 Å². The van der Waals surface area contributed by atoms with Crippen molar-refractivity contribution < 1.29 is 9.53 Å². The van der Waals surface area contributed by atoms with E-state index < -0.39 is 0 Å². The van der Waals surface area contributed by atoms with Gasteiger partial charge in [-0.25, -0.2) is 0 Å². The van der Waals surface area contributed by atoms with Gasteiger partial charge in [0.25, 0.3) is 0 Å². The zero-order valence-electron chi connectivity index (χ0n) is 10.5. The Balaban J connectivity index is 1.54. The van der Waals surface area contributed by atoms with Crippen LogP contribution in [0, 0.1) is 11.8 Å². The first-order chi connectivity index (χ1) is 8.31. The maximum atomic E-state index is 12.3. The minimum absolute atomic E-state index is 0.121. The molecule has 2 unspecified atom stereocenters. The lowest BCUT2D eigenvalue weighted by molar-refractivity contribution is -0.128. The van der Waals surface area contributed by atoms with E-state index in [9.17, 15) is 4.79 Å². The summed E-state index contributed by atoms with van der Waals surface area (Å²) < 4.78 is 5.34. The molecule has 4 atom stereocenters. The molecule has 1 aliphatic carbocycles. The van der Waals surface area contributed by atoms with Gasteiger partial charge in [0, 0.05) is 17.9 Å². The van der Waals surface area contributed by atoms with E-state index in [0.29, 0.717) is 17.9 Å². The number of nitrogens with one attached hydrogen (secondary N) is 1. The van der Waals surface area contributed by atoms with Crippen molar-refractivity contribution in [2.24, 2.45) is 11.8 Å². The molecule has 4 nitrogen and oxygen atoms in total. The lowest BCUT2D eigenvalue weighted by atomic mass is 10.0. The van der Waals surface area contributed by atoms with Crippen LogP contribution in [0.25, 0.3) is 0 Å².